The standard InChI is InChI=1S/C7H14N2O2/c8-6(4-10)3-5-1-2-9-7(5)11/h5-6,10H,1-4,8H2,(H,9,11)/t5-,6-/m0/s1. The monoisotopic (exact) mass is 158 g/mol. The normalized spacial score (nSPS) is 26.7. The summed E-state index contributed by atoms with van der Waals surface area (Å²) < 4.78 is 0. The van der Waals surface area contributed by atoms with E-state index >= 15 is 0 Å². The van der Waals surface area contributed by atoms with Crippen LogP contribution in [0.2, 0.25) is 0 Å². The quantitative estimate of drug-likeness (QED) is 0.484. The van der Waals surface area contributed by atoms with Gasteiger partial charge in [-0.1, -0.05) is 0 Å². The van der Waals surface area contributed by atoms with Crippen LogP contribution in [0.15, 0.2) is 0 Å². The number of nitrogens with one attached hydrogen (secondary N) is 1. The lowest BCUT2D eigenvalue weighted by Gasteiger charge is -2.10. The predicted octanol–water partition coefficient (Wildman–Crippen LogP) is -1.17. The third kappa shape index (κ3) is 2.17. The molecule has 0 bridgehead atoms. The Hall–Kier alpha value is -0.610. The Morgan fingerprint density at radius 3 is 3.00 bits per heavy atom. The largest absolute Gasteiger partial charge is 0.395 e. The highest BCUT2D eigenvalue weighted by atomic mass is 16.3. The molecule has 4 nitrogen and oxygen atoms in total. The summed E-state index contributed by atoms with van der Waals surface area (Å²) in [4.78, 5) is 11.0. The smallest absolute Gasteiger partial charge is 0.223 e. The SMILES string of the molecule is N[C@H](CO)C[C@@H]1CCNC1=O. The van der Waals surface area contributed by atoms with E-state index in [1.807, 2.05) is 0 Å². The van der Waals surface area contributed by atoms with Gasteiger partial charge in [0.2, 0.25) is 5.91 Å². The molecule has 0 aliphatic carbocycles. The van der Waals surface area contributed by atoms with Crippen molar-refractivity contribution in [3.8, 4) is 0 Å². The Balaban J connectivity index is 2.30. The van der Waals surface area contributed by atoms with Crippen LogP contribution in [0.4, 0.5) is 0 Å². The van der Waals surface area contributed by atoms with Crippen LogP contribution in [0.25, 0.3) is 0 Å². The lowest BCUT2D eigenvalue weighted by Crippen LogP contribution is -2.30. The third-order valence-electron chi connectivity index (χ3n) is 1.98. The fourth-order valence-electron chi connectivity index (χ4n) is 1.31. The lowest BCUT2D eigenvalue weighted by atomic mass is 9.99. The Bertz CT molecular complexity index is 149. The first kappa shape index (κ1) is 8.49. The van der Waals surface area contributed by atoms with Gasteiger partial charge < -0.3 is 16.2 Å². The number of hydrogen-bond donors (Lipinski definition) is 3. The van der Waals surface area contributed by atoms with E-state index in [0.29, 0.717) is 6.42 Å². The number of carbonyl (C=O) groups is 1. The van der Waals surface area contributed by atoms with E-state index in [2.05, 4.69) is 5.32 Å². The van der Waals surface area contributed by atoms with Crippen LogP contribution in [-0.4, -0.2) is 30.2 Å². The van der Waals surface area contributed by atoms with Gasteiger partial charge in [-0.15, -0.1) is 0 Å². The molecule has 2 atom stereocenters. The molecule has 0 aromatic carbocycles. The molecule has 64 valence electrons. The molecule has 0 saturated carbocycles. The average molecular weight is 158 g/mol. The summed E-state index contributed by atoms with van der Waals surface area (Å²) in [5, 5.41) is 11.3. The van der Waals surface area contributed by atoms with Crippen molar-refractivity contribution in [3.63, 3.8) is 0 Å². The first-order valence-electron chi connectivity index (χ1n) is 3.88. The molecular weight excluding hydrogens is 144 g/mol. The average Bonchev–Trinajstić information content (AvgIpc) is 2.37. The van der Waals surface area contributed by atoms with Crippen molar-refractivity contribution in [1.29, 1.82) is 0 Å². The van der Waals surface area contributed by atoms with Crippen molar-refractivity contribution >= 4 is 5.91 Å². The van der Waals surface area contributed by atoms with E-state index in [1.165, 1.54) is 0 Å². The van der Waals surface area contributed by atoms with Gasteiger partial charge in [-0.05, 0) is 12.8 Å². The van der Waals surface area contributed by atoms with Crippen LogP contribution in [0, 0.1) is 5.92 Å². The lowest BCUT2D eigenvalue weighted by molar-refractivity contribution is -0.122. The van der Waals surface area contributed by atoms with Gasteiger partial charge in [0.1, 0.15) is 0 Å². The number of rotatable bonds is 3. The molecule has 1 fully saturated rings. The minimum Gasteiger partial charge on any atom is -0.395 e. The van der Waals surface area contributed by atoms with Gasteiger partial charge in [-0.2, -0.15) is 0 Å². The molecule has 4 N–H and O–H groups in total. The highest BCUT2D eigenvalue weighted by molar-refractivity contribution is 5.80. The molecule has 1 aliphatic heterocycles. The minimum absolute atomic E-state index is 0.0251. The maximum absolute atomic E-state index is 11.0. The highest BCUT2D eigenvalue weighted by Crippen LogP contribution is 2.14. The molecule has 0 spiro atoms. The number of hydrogen-bond acceptors (Lipinski definition) is 3. The van der Waals surface area contributed by atoms with Crippen LogP contribution >= 0.6 is 0 Å². The fraction of sp³-hybridized carbons (Fsp3) is 0.857. The van der Waals surface area contributed by atoms with Crippen LogP contribution < -0.4 is 11.1 Å². The minimum atomic E-state index is -0.246. The summed E-state index contributed by atoms with van der Waals surface area (Å²) in [5.74, 6) is 0.103. The zero-order chi connectivity index (χ0) is 8.27. The van der Waals surface area contributed by atoms with Gasteiger partial charge >= 0.3 is 0 Å². The van der Waals surface area contributed by atoms with Crippen molar-refractivity contribution in [2.45, 2.75) is 18.9 Å². The zero-order valence-electron chi connectivity index (χ0n) is 6.42. The summed E-state index contributed by atoms with van der Waals surface area (Å²) in [6.45, 7) is 0.714. The van der Waals surface area contributed by atoms with Gasteiger partial charge in [-0.25, -0.2) is 0 Å². The first-order chi connectivity index (χ1) is 5.24. The molecule has 1 saturated heterocycles. The number of aliphatic hydroxyl groups excluding tert-OH is 1. The summed E-state index contributed by atoms with van der Waals surface area (Å²) in [7, 11) is 0. The van der Waals surface area contributed by atoms with E-state index in [9.17, 15) is 4.79 Å². The van der Waals surface area contributed by atoms with Crippen LogP contribution in [0.1, 0.15) is 12.8 Å². The maximum Gasteiger partial charge on any atom is 0.223 e. The Kier molecular flexibility index (Phi) is 2.84. The summed E-state index contributed by atoms with van der Waals surface area (Å²) >= 11 is 0. The van der Waals surface area contributed by atoms with Crippen molar-refractivity contribution in [3.05, 3.63) is 0 Å². The van der Waals surface area contributed by atoms with E-state index in [4.69, 9.17) is 10.8 Å². The van der Waals surface area contributed by atoms with Crippen molar-refractivity contribution in [2.24, 2.45) is 11.7 Å². The molecule has 1 rings (SSSR count). The van der Waals surface area contributed by atoms with Gasteiger partial charge in [0.05, 0.1) is 6.61 Å². The van der Waals surface area contributed by atoms with Gasteiger partial charge in [0.15, 0.2) is 0 Å². The van der Waals surface area contributed by atoms with Crippen molar-refractivity contribution in [2.75, 3.05) is 13.2 Å². The van der Waals surface area contributed by atoms with Crippen LogP contribution in [0.5, 0.6) is 0 Å². The molecule has 0 radical (unpaired) electrons. The topological polar surface area (TPSA) is 75.3 Å². The van der Waals surface area contributed by atoms with E-state index in [-0.39, 0.29) is 24.5 Å². The molecule has 1 heterocycles. The van der Waals surface area contributed by atoms with Gasteiger partial charge in [-0.3, -0.25) is 4.79 Å². The third-order valence-corrected chi connectivity index (χ3v) is 1.98. The summed E-state index contributed by atoms with van der Waals surface area (Å²) in [6, 6.07) is -0.246. The molecule has 11 heavy (non-hydrogen) atoms. The molecule has 0 unspecified atom stereocenters. The molecule has 0 aromatic rings. The second-order valence-electron chi connectivity index (χ2n) is 2.95. The second-order valence-corrected chi connectivity index (χ2v) is 2.95. The second kappa shape index (κ2) is 3.69. The van der Waals surface area contributed by atoms with Crippen molar-refractivity contribution < 1.29 is 9.90 Å². The van der Waals surface area contributed by atoms with Gasteiger partial charge in [0.25, 0.3) is 0 Å². The fourth-order valence-corrected chi connectivity index (χ4v) is 1.31. The molecule has 4 heteroatoms. The zero-order valence-corrected chi connectivity index (χ0v) is 6.42. The predicted molar refractivity (Wildman–Crippen MR) is 40.8 cm³/mol. The van der Waals surface area contributed by atoms with E-state index in [1.54, 1.807) is 0 Å². The van der Waals surface area contributed by atoms with Crippen LogP contribution in [0.3, 0.4) is 0 Å². The summed E-state index contributed by atoms with van der Waals surface area (Å²) in [5.41, 5.74) is 5.48. The van der Waals surface area contributed by atoms with Crippen molar-refractivity contribution in [1.82, 2.24) is 5.32 Å². The number of amides is 1. The summed E-state index contributed by atoms with van der Waals surface area (Å²) in [6.07, 6.45) is 1.45. The number of aliphatic hydroxyl groups is 1. The highest BCUT2D eigenvalue weighted by Gasteiger charge is 2.25. The Morgan fingerprint density at radius 2 is 2.55 bits per heavy atom. The maximum atomic E-state index is 11.0. The number of carbonyl (C=O) groups excluding carboxylic acids is 1. The number of nitrogens with two attached hydrogens (primary N) is 1. The van der Waals surface area contributed by atoms with Gasteiger partial charge in [0, 0.05) is 18.5 Å². The Labute approximate surface area is 65.8 Å². The molecular formula is C7H14N2O2. The van der Waals surface area contributed by atoms with E-state index in [0.717, 1.165) is 13.0 Å². The van der Waals surface area contributed by atoms with Crippen LogP contribution in [-0.2, 0) is 4.79 Å². The molecule has 1 aliphatic rings. The molecule has 1 amide bonds. The first-order valence-corrected chi connectivity index (χ1v) is 3.88. The molecule has 0 aromatic heterocycles. The van der Waals surface area contributed by atoms with E-state index < -0.39 is 0 Å². The Morgan fingerprint density at radius 1 is 1.82 bits per heavy atom.